The van der Waals surface area contributed by atoms with Crippen LogP contribution in [0.4, 0.5) is 5.69 Å². The van der Waals surface area contributed by atoms with Gasteiger partial charge in [-0.05, 0) is 36.7 Å². The number of methoxy groups -OCH3 is 1. The third-order valence-electron chi connectivity index (χ3n) is 5.40. The largest absolute Gasteiger partial charge is 0.497 e. The van der Waals surface area contributed by atoms with Crippen LogP contribution in [0.5, 0.6) is 11.5 Å². The van der Waals surface area contributed by atoms with Crippen LogP contribution in [0.1, 0.15) is 12.0 Å². The van der Waals surface area contributed by atoms with Crippen molar-refractivity contribution in [2.24, 2.45) is 0 Å². The van der Waals surface area contributed by atoms with Crippen LogP contribution < -0.4 is 14.8 Å². The number of anilines is 1. The number of carbonyl (C=O) groups excluding carboxylic acids is 1. The van der Waals surface area contributed by atoms with Crippen molar-refractivity contribution in [2.75, 3.05) is 45.2 Å². The lowest BCUT2D eigenvalue weighted by atomic mass is 10.2. The topological polar surface area (TPSA) is 88.2 Å². The lowest BCUT2D eigenvalue weighted by molar-refractivity contribution is -0.118. The lowest BCUT2D eigenvalue weighted by Crippen LogP contribution is -2.35. The molecule has 2 heterocycles. The van der Waals surface area contributed by atoms with Gasteiger partial charge >= 0.3 is 0 Å². The van der Waals surface area contributed by atoms with Crippen LogP contribution in [0, 0.1) is 0 Å². The van der Waals surface area contributed by atoms with E-state index in [1.807, 2.05) is 24.3 Å². The van der Waals surface area contributed by atoms with Crippen molar-refractivity contribution >= 4 is 33.2 Å². The Kier molecular flexibility index (Phi) is 6.38. The Balaban J connectivity index is 1.47. The van der Waals surface area contributed by atoms with Crippen LogP contribution in [0.25, 0.3) is 0 Å². The van der Waals surface area contributed by atoms with Gasteiger partial charge in [-0.15, -0.1) is 0 Å². The Hall–Kier alpha value is -2.33. The number of halogens is 1. The van der Waals surface area contributed by atoms with Crippen LogP contribution in [0.15, 0.2) is 41.3 Å². The maximum absolute atomic E-state index is 13.3. The van der Waals surface area contributed by atoms with E-state index >= 15 is 0 Å². The van der Waals surface area contributed by atoms with Gasteiger partial charge in [-0.1, -0.05) is 23.7 Å². The van der Waals surface area contributed by atoms with E-state index in [9.17, 15) is 13.2 Å². The summed E-state index contributed by atoms with van der Waals surface area (Å²) in [4.78, 5) is 13.7. The zero-order valence-electron chi connectivity index (χ0n) is 17.1. The Morgan fingerprint density at radius 3 is 2.65 bits per heavy atom. The number of hydrogen-bond donors (Lipinski definition) is 1. The molecule has 0 spiro atoms. The number of benzene rings is 2. The van der Waals surface area contributed by atoms with E-state index < -0.39 is 10.0 Å². The minimum absolute atomic E-state index is 0.00679. The minimum atomic E-state index is -3.80. The Bertz CT molecular complexity index is 1080. The highest BCUT2D eigenvalue weighted by atomic mass is 35.5. The van der Waals surface area contributed by atoms with E-state index in [0.29, 0.717) is 37.5 Å². The highest BCUT2D eigenvalue weighted by molar-refractivity contribution is 7.89. The molecule has 2 aromatic rings. The third-order valence-corrected chi connectivity index (χ3v) is 7.76. The summed E-state index contributed by atoms with van der Waals surface area (Å²) in [5.74, 6) is 0.810. The SMILES string of the molecule is COc1ccc(CN2CCCN(S(=O)(=O)c3cc4c(cc3Cl)NC(=O)CO4)CC2)cc1. The Morgan fingerprint density at radius 2 is 1.90 bits per heavy atom. The van der Waals surface area contributed by atoms with Gasteiger partial charge in [0, 0.05) is 32.2 Å². The van der Waals surface area contributed by atoms with Gasteiger partial charge in [0.1, 0.15) is 16.4 Å². The second-order valence-corrected chi connectivity index (χ2v) is 9.81. The predicted molar refractivity (Wildman–Crippen MR) is 117 cm³/mol. The van der Waals surface area contributed by atoms with Crippen molar-refractivity contribution in [3.63, 3.8) is 0 Å². The quantitative estimate of drug-likeness (QED) is 0.730. The van der Waals surface area contributed by atoms with E-state index in [1.54, 1.807) is 7.11 Å². The third kappa shape index (κ3) is 4.79. The molecule has 2 aliphatic heterocycles. The van der Waals surface area contributed by atoms with Gasteiger partial charge in [-0.3, -0.25) is 9.69 Å². The number of rotatable bonds is 5. The minimum Gasteiger partial charge on any atom is -0.497 e. The smallest absolute Gasteiger partial charge is 0.262 e. The normalized spacial score (nSPS) is 17.9. The molecule has 2 aliphatic rings. The maximum Gasteiger partial charge on any atom is 0.262 e. The lowest BCUT2D eigenvalue weighted by Gasteiger charge is -2.24. The van der Waals surface area contributed by atoms with Gasteiger partial charge in [0.05, 0.1) is 17.8 Å². The van der Waals surface area contributed by atoms with Gasteiger partial charge in [0.25, 0.3) is 5.91 Å². The highest BCUT2D eigenvalue weighted by Crippen LogP contribution is 2.37. The molecule has 0 unspecified atom stereocenters. The standard InChI is InChI=1S/C21H24ClN3O5S/c1-29-16-5-3-15(4-6-16)13-24-7-2-8-25(10-9-24)31(27,28)20-12-19-18(11-17(20)22)23-21(26)14-30-19/h3-6,11-12H,2,7-10,13-14H2,1H3,(H,23,26). The molecule has 1 fully saturated rings. The van der Waals surface area contributed by atoms with E-state index in [1.165, 1.54) is 16.4 Å². The van der Waals surface area contributed by atoms with Gasteiger partial charge in [0.2, 0.25) is 10.0 Å². The molecule has 0 atom stereocenters. The summed E-state index contributed by atoms with van der Waals surface area (Å²) in [6.45, 7) is 2.77. The first-order valence-corrected chi connectivity index (χ1v) is 11.8. The molecule has 1 saturated heterocycles. The fraction of sp³-hybridized carbons (Fsp3) is 0.381. The zero-order chi connectivity index (χ0) is 22.0. The molecule has 1 N–H and O–H groups in total. The van der Waals surface area contributed by atoms with Crippen molar-refractivity contribution < 1.29 is 22.7 Å². The van der Waals surface area contributed by atoms with E-state index in [4.69, 9.17) is 21.1 Å². The number of sulfonamides is 1. The highest BCUT2D eigenvalue weighted by Gasteiger charge is 2.31. The fourth-order valence-corrected chi connectivity index (χ4v) is 5.74. The monoisotopic (exact) mass is 465 g/mol. The van der Waals surface area contributed by atoms with Crippen molar-refractivity contribution in [1.82, 2.24) is 9.21 Å². The summed E-state index contributed by atoms with van der Waals surface area (Å²) >= 11 is 6.28. The predicted octanol–water partition coefficient (Wildman–Crippen LogP) is 2.58. The second-order valence-electron chi connectivity index (χ2n) is 7.50. The molecule has 0 aliphatic carbocycles. The number of carbonyl (C=O) groups is 1. The molecule has 166 valence electrons. The summed E-state index contributed by atoms with van der Waals surface area (Å²) in [5.41, 5.74) is 1.52. The second kappa shape index (κ2) is 9.04. The first-order chi connectivity index (χ1) is 14.9. The van der Waals surface area contributed by atoms with Gasteiger partial charge in [0.15, 0.2) is 6.61 Å². The van der Waals surface area contributed by atoms with Crippen molar-refractivity contribution in [1.29, 1.82) is 0 Å². The molecule has 0 saturated carbocycles. The molecule has 8 nitrogen and oxygen atoms in total. The summed E-state index contributed by atoms with van der Waals surface area (Å²) in [5, 5.41) is 2.69. The number of hydrogen-bond acceptors (Lipinski definition) is 6. The number of nitrogens with zero attached hydrogens (tertiary/aromatic N) is 2. The van der Waals surface area contributed by atoms with Gasteiger partial charge in [-0.2, -0.15) is 4.31 Å². The zero-order valence-corrected chi connectivity index (χ0v) is 18.7. The molecule has 4 rings (SSSR count). The molecular weight excluding hydrogens is 442 g/mol. The average molecular weight is 466 g/mol. The molecule has 0 bridgehead atoms. The molecule has 0 radical (unpaired) electrons. The number of fused-ring (bicyclic) bond motifs is 1. The summed E-state index contributed by atoms with van der Waals surface area (Å²) in [7, 11) is -2.17. The molecule has 0 aromatic heterocycles. The van der Waals surface area contributed by atoms with E-state index in [0.717, 1.165) is 24.4 Å². The Morgan fingerprint density at radius 1 is 1.13 bits per heavy atom. The summed E-state index contributed by atoms with van der Waals surface area (Å²) < 4.78 is 38.7. The number of nitrogens with one attached hydrogen (secondary N) is 1. The van der Waals surface area contributed by atoms with Crippen LogP contribution in [-0.2, 0) is 21.4 Å². The molecular formula is C21H24ClN3O5S. The van der Waals surface area contributed by atoms with Gasteiger partial charge < -0.3 is 14.8 Å². The number of ether oxygens (including phenoxy) is 2. The molecule has 1 amide bonds. The van der Waals surface area contributed by atoms with Crippen molar-refractivity contribution in [3.8, 4) is 11.5 Å². The molecule has 10 heteroatoms. The first kappa shape index (κ1) is 21.9. The fourth-order valence-electron chi connectivity index (χ4n) is 3.75. The van der Waals surface area contributed by atoms with Crippen molar-refractivity contribution in [3.05, 3.63) is 47.0 Å². The van der Waals surface area contributed by atoms with Crippen molar-refractivity contribution in [2.45, 2.75) is 17.9 Å². The van der Waals surface area contributed by atoms with E-state index in [-0.39, 0.29) is 22.4 Å². The van der Waals surface area contributed by atoms with E-state index in [2.05, 4.69) is 10.2 Å². The van der Waals surface area contributed by atoms with Crippen LogP contribution >= 0.6 is 11.6 Å². The van der Waals surface area contributed by atoms with Crippen LogP contribution in [0.3, 0.4) is 0 Å². The maximum atomic E-state index is 13.3. The van der Waals surface area contributed by atoms with Crippen LogP contribution in [-0.4, -0.2) is 63.4 Å². The Labute approximate surface area is 186 Å². The summed E-state index contributed by atoms with van der Waals surface area (Å²) in [6, 6.07) is 10.7. The average Bonchev–Trinajstić information content (AvgIpc) is 2.99. The van der Waals surface area contributed by atoms with Crippen LogP contribution in [0.2, 0.25) is 5.02 Å². The first-order valence-electron chi connectivity index (χ1n) is 9.98. The van der Waals surface area contributed by atoms with Gasteiger partial charge in [-0.25, -0.2) is 8.42 Å². The molecule has 31 heavy (non-hydrogen) atoms. The molecule has 2 aromatic carbocycles. The summed E-state index contributed by atoms with van der Waals surface area (Å²) in [6.07, 6.45) is 0.713. The number of amides is 1.